The van der Waals surface area contributed by atoms with Crippen LogP contribution in [0.15, 0.2) is 101 Å². The van der Waals surface area contributed by atoms with Crippen LogP contribution in [0.2, 0.25) is 0 Å². The molecule has 0 saturated heterocycles. The van der Waals surface area contributed by atoms with Gasteiger partial charge in [0.2, 0.25) is 5.91 Å². The SMILES string of the molecule is C=CCN1C(=O)N[C@H](c2ccccc2C(F)(F)F)C2=C1CN([C@@H](C(=O)NCc1ccco1)c1ccccc1)C2=O. The van der Waals surface area contributed by atoms with Crippen molar-refractivity contribution in [3.63, 3.8) is 0 Å². The minimum atomic E-state index is -4.72. The van der Waals surface area contributed by atoms with Crippen molar-refractivity contribution in [3.8, 4) is 0 Å². The third kappa shape index (κ3) is 4.97. The van der Waals surface area contributed by atoms with Gasteiger partial charge in [-0.15, -0.1) is 6.58 Å². The van der Waals surface area contributed by atoms with Gasteiger partial charge in [0.1, 0.15) is 11.8 Å². The van der Waals surface area contributed by atoms with Crippen LogP contribution in [0.25, 0.3) is 0 Å². The normalized spacial score (nSPS) is 17.9. The molecule has 5 rings (SSSR count). The lowest BCUT2D eigenvalue weighted by molar-refractivity contribution is -0.138. The second-order valence-corrected chi connectivity index (χ2v) is 9.27. The average Bonchev–Trinajstić information content (AvgIpc) is 3.58. The molecule has 0 spiro atoms. The van der Waals surface area contributed by atoms with Crippen LogP contribution >= 0.6 is 0 Å². The molecular weight excluding hydrogens is 525 g/mol. The first-order chi connectivity index (χ1) is 19.2. The van der Waals surface area contributed by atoms with Gasteiger partial charge in [-0.1, -0.05) is 54.6 Å². The summed E-state index contributed by atoms with van der Waals surface area (Å²) in [5, 5.41) is 5.35. The number of hydrogen-bond donors (Lipinski definition) is 2. The molecule has 2 aromatic carbocycles. The Hall–Kier alpha value is -4.80. The zero-order chi connectivity index (χ0) is 28.4. The van der Waals surface area contributed by atoms with Gasteiger partial charge in [-0.3, -0.25) is 14.5 Å². The van der Waals surface area contributed by atoms with E-state index >= 15 is 0 Å². The quantitative estimate of drug-likeness (QED) is 0.398. The van der Waals surface area contributed by atoms with E-state index in [1.807, 2.05) is 0 Å². The van der Waals surface area contributed by atoms with E-state index < -0.39 is 41.7 Å². The van der Waals surface area contributed by atoms with E-state index in [9.17, 15) is 27.6 Å². The van der Waals surface area contributed by atoms with Gasteiger partial charge < -0.3 is 20.0 Å². The van der Waals surface area contributed by atoms with Crippen LogP contribution in [0.5, 0.6) is 0 Å². The van der Waals surface area contributed by atoms with Crippen molar-refractivity contribution in [2.24, 2.45) is 0 Å². The number of hydrogen-bond acceptors (Lipinski definition) is 4. The third-order valence-electron chi connectivity index (χ3n) is 6.83. The number of nitrogens with one attached hydrogen (secondary N) is 2. The molecular formula is C29H25F3N4O4. The zero-order valence-corrected chi connectivity index (χ0v) is 21.1. The number of carbonyl (C=O) groups is 3. The van der Waals surface area contributed by atoms with Crippen molar-refractivity contribution in [2.75, 3.05) is 13.1 Å². The Morgan fingerprint density at radius 2 is 1.82 bits per heavy atom. The number of amides is 4. The molecule has 2 N–H and O–H groups in total. The lowest BCUT2D eigenvalue weighted by atomic mass is 9.91. The molecule has 1 aromatic heterocycles. The van der Waals surface area contributed by atoms with Crippen LogP contribution in [-0.4, -0.2) is 40.7 Å². The molecule has 3 aromatic rings. The number of nitrogens with zero attached hydrogens (tertiary/aromatic N) is 2. The van der Waals surface area contributed by atoms with Crippen LogP contribution in [0.3, 0.4) is 0 Å². The fourth-order valence-electron chi connectivity index (χ4n) is 5.08. The Morgan fingerprint density at radius 3 is 2.50 bits per heavy atom. The summed E-state index contributed by atoms with van der Waals surface area (Å²) in [6.07, 6.45) is -1.80. The number of rotatable bonds is 8. The number of furan rings is 1. The molecule has 2 aliphatic rings. The molecule has 0 fully saturated rings. The largest absolute Gasteiger partial charge is 0.467 e. The summed E-state index contributed by atoms with van der Waals surface area (Å²) >= 11 is 0. The van der Waals surface area contributed by atoms with Gasteiger partial charge in [-0.25, -0.2) is 4.79 Å². The molecule has 0 unspecified atom stereocenters. The van der Waals surface area contributed by atoms with E-state index in [2.05, 4.69) is 17.2 Å². The average molecular weight is 551 g/mol. The maximum atomic E-state index is 14.1. The van der Waals surface area contributed by atoms with E-state index in [1.54, 1.807) is 42.5 Å². The van der Waals surface area contributed by atoms with Gasteiger partial charge in [0.15, 0.2) is 0 Å². The van der Waals surface area contributed by atoms with Crippen molar-refractivity contribution in [2.45, 2.75) is 24.8 Å². The van der Waals surface area contributed by atoms with Crippen LogP contribution in [0.4, 0.5) is 18.0 Å². The number of urea groups is 1. The summed E-state index contributed by atoms with van der Waals surface area (Å²) in [5.41, 5.74) is -0.544. The third-order valence-corrected chi connectivity index (χ3v) is 6.83. The van der Waals surface area contributed by atoms with Gasteiger partial charge in [0.05, 0.1) is 42.2 Å². The van der Waals surface area contributed by atoms with Gasteiger partial charge in [-0.05, 0) is 29.3 Å². The van der Waals surface area contributed by atoms with Crippen LogP contribution in [-0.2, 0) is 22.3 Å². The molecule has 206 valence electrons. The minimum Gasteiger partial charge on any atom is -0.467 e. The summed E-state index contributed by atoms with van der Waals surface area (Å²) in [5.74, 6) is -0.674. The first-order valence-corrected chi connectivity index (χ1v) is 12.4. The first kappa shape index (κ1) is 26.8. The topological polar surface area (TPSA) is 94.9 Å². The van der Waals surface area contributed by atoms with Gasteiger partial charge in [0.25, 0.3) is 5.91 Å². The van der Waals surface area contributed by atoms with Crippen LogP contribution < -0.4 is 10.6 Å². The van der Waals surface area contributed by atoms with Crippen molar-refractivity contribution >= 4 is 17.8 Å². The molecule has 0 aliphatic carbocycles. The summed E-state index contributed by atoms with van der Waals surface area (Å²) in [6, 6.07) is 13.5. The number of halogens is 3. The van der Waals surface area contributed by atoms with E-state index in [-0.39, 0.29) is 36.5 Å². The Morgan fingerprint density at radius 1 is 1.10 bits per heavy atom. The standard InChI is InChI=1S/C29H25F3N4O4/c1-2-14-35-22-17-36(25(18-9-4-3-5-10-18)26(37)33-16-19-11-8-15-40-19)27(38)23(22)24(34-28(35)39)20-12-6-7-13-21(20)29(30,31)32/h2-13,15,24-25H,1,14,16-17H2,(H,33,37)(H,34,39)/t24-,25-/m1/s1. The Balaban J connectivity index is 1.57. The van der Waals surface area contributed by atoms with E-state index in [1.165, 1.54) is 40.3 Å². The van der Waals surface area contributed by atoms with Crippen molar-refractivity contribution < 1.29 is 32.0 Å². The molecule has 0 radical (unpaired) electrons. The summed E-state index contributed by atoms with van der Waals surface area (Å²) in [4.78, 5) is 43.3. The maximum absolute atomic E-state index is 14.1. The van der Waals surface area contributed by atoms with E-state index in [4.69, 9.17) is 4.42 Å². The highest BCUT2D eigenvalue weighted by Gasteiger charge is 2.49. The Labute approximate surface area is 227 Å². The summed E-state index contributed by atoms with van der Waals surface area (Å²) in [6.45, 7) is 3.57. The highest BCUT2D eigenvalue weighted by Crippen LogP contribution is 2.43. The van der Waals surface area contributed by atoms with Gasteiger partial charge >= 0.3 is 12.2 Å². The highest BCUT2D eigenvalue weighted by molar-refractivity contribution is 6.04. The molecule has 0 bridgehead atoms. The number of alkyl halides is 3. The molecule has 4 amide bonds. The summed E-state index contributed by atoms with van der Waals surface area (Å²) in [7, 11) is 0. The first-order valence-electron chi connectivity index (χ1n) is 12.4. The summed E-state index contributed by atoms with van der Waals surface area (Å²) < 4.78 is 47.2. The van der Waals surface area contributed by atoms with Crippen molar-refractivity contribution in [1.82, 2.24) is 20.4 Å². The minimum absolute atomic E-state index is 0.0140. The molecule has 2 aliphatic heterocycles. The van der Waals surface area contributed by atoms with Gasteiger partial charge in [0, 0.05) is 6.54 Å². The zero-order valence-electron chi connectivity index (χ0n) is 21.1. The fourth-order valence-corrected chi connectivity index (χ4v) is 5.08. The van der Waals surface area contributed by atoms with Crippen LogP contribution in [0.1, 0.15) is 34.5 Å². The molecule has 3 heterocycles. The molecule has 0 saturated carbocycles. The molecule has 2 atom stereocenters. The Kier molecular flexibility index (Phi) is 7.20. The number of benzene rings is 2. The second-order valence-electron chi connectivity index (χ2n) is 9.27. The molecule has 40 heavy (non-hydrogen) atoms. The van der Waals surface area contributed by atoms with E-state index in [0.29, 0.717) is 11.3 Å². The predicted molar refractivity (Wildman–Crippen MR) is 138 cm³/mol. The predicted octanol–water partition coefficient (Wildman–Crippen LogP) is 4.70. The molecule has 8 nitrogen and oxygen atoms in total. The lowest BCUT2D eigenvalue weighted by Gasteiger charge is -2.33. The Bertz CT molecular complexity index is 1470. The second kappa shape index (κ2) is 10.8. The van der Waals surface area contributed by atoms with Crippen molar-refractivity contribution in [3.05, 3.63) is 119 Å². The van der Waals surface area contributed by atoms with Crippen molar-refractivity contribution in [1.29, 1.82) is 0 Å². The van der Waals surface area contributed by atoms with Crippen LogP contribution in [0, 0.1) is 0 Å². The smallest absolute Gasteiger partial charge is 0.416 e. The highest BCUT2D eigenvalue weighted by atomic mass is 19.4. The molecule has 11 heteroatoms. The van der Waals surface area contributed by atoms with Gasteiger partial charge in [-0.2, -0.15) is 13.2 Å². The van der Waals surface area contributed by atoms with E-state index in [0.717, 1.165) is 6.07 Å². The number of carbonyl (C=O) groups excluding carboxylic acids is 3. The monoisotopic (exact) mass is 550 g/mol. The fraction of sp³-hybridized carbons (Fsp3) is 0.207. The maximum Gasteiger partial charge on any atom is 0.416 e. The lowest BCUT2D eigenvalue weighted by Crippen LogP contribution is -2.47.